The number of carbonyl (C=O) groups excluding carboxylic acids is 2. The molecule has 0 bridgehead atoms. The molecule has 2 aliphatic rings. The van der Waals surface area contributed by atoms with Crippen molar-refractivity contribution in [3.8, 4) is 22.8 Å². The van der Waals surface area contributed by atoms with E-state index >= 15 is 0 Å². The van der Waals surface area contributed by atoms with E-state index in [0.29, 0.717) is 69.5 Å². The van der Waals surface area contributed by atoms with Gasteiger partial charge >= 0.3 is 0 Å². The Bertz CT molecular complexity index is 1330. The Morgan fingerprint density at radius 1 is 0.857 bits per heavy atom. The first-order chi connectivity index (χ1) is 20.6. The highest BCUT2D eigenvalue weighted by Crippen LogP contribution is 2.31. The average molecular weight is 575 g/mol. The summed E-state index contributed by atoms with van der Waals surface area (Å²) in [5, 5.41) is 8.89. The summed E-state index contributed by atoms with van der Waals surface area (Å²) in [4.78, 5) is 34.6. The Balaban J connectivity index is 1.18. The lowest BCUT2D eigenvalue weighted by molar-refractivity contribution is -0.132. The number of aromatic nitrogens is 2. The van der Waals surface area contributed by atoms with Gasteiger partial charge in [-0.05, 0) is 42.5 Å². The first-order valence-electron chi connectivity index (χ1n) is 14.3. The minimum Gasteiger partial charge on any atom is -0.493 e. The molecule has 2 fully saturated rings. The Kier molecular flexibility index (Phi) is 9.83. The van der Waals surface area contributed by atoms with E-state index in [1.165, 1.54) is 0 Å². The molecule has 11 nitrogen and oxygen atoms in total. The van der Waals surface area contributed by atoms with Gasteiger partial charge < -0.3 is 28.9 Å². The summed E-state index contributed by atoms with van der Waals surface area (Å²) >= 11 is 0. The smallest absolute Gasteiger partial charge is 0.254 e. The van der Waals surface area contributed by atoms with Crippen LogP contribution in [0.2, 0.25) is 0 Å². The van der Waals surface area contributed by atoms with Gasteiger partial charge in [0.2, 0.25) is 5.91 Å². The summed E-state index contributed by atoms with van der Waals surface area (Å²) in [7, 11) is 3.21. The van der Waals surface area contributed by atoms with Crippen LogP contribution in [0.15, 0.2) is 60.7 Å². The molecule has 0 N–H and O–H groups in total. The van der Waals surface area contributed by atoms with E-state index in [0.717, 1.165) is 30.2 Å². The Labute approximate surface area is 246 Å². The number of morpholine rings is 1. The van der Waals surface area contributed by atoms with Gasteiger partial charge in [0, 0.05) is 63.5 Å². The van der Waals surface area contributed by atoms with Gasteiger partial charge in [-0.15, -0.1) is 10.2 Å². The third kappa shape index (κ3) is 7.15. The number of anilines is 1. The summed E-state index contributed by atoms with van der Waals surface area (Å²) in [6, 6.07) is 18.7. The predicted octanol–water partition coefficient (Wildman–Crippen LogP) is 2.28. The van der Waals surface area contributed by atoms with Crippen molar-refractivity contribution in [1.82, 2.24) is 24.9 Å². The van der Waals surface area contributed by atoms with E-state index in [4.69, 9.17) is 14.2 Å². The zero-order valence-corrected chi connectivity index (χ0v) is 24.3. The number of nitrogens with zero attached hydrogens (tertiary/aromatic N) is 6. The zero-order chi connectivity index (χ0) is 29.3. The molecule has 222 valence electrons. The average Bonchev–Trinajstić information content (AvgIpc) is 3.07. The van der Waals surface area contributed by atoms with Crippen LogP contribution in [0.5, 0.6) is 11.5 Å². The van der Waals surface area contributed by atoms with Crippen molar-refractivity contribution in [2.75, 3.05) is 91.2 Å². The van der Waals surface area contributed by atoms with Crippen LogP contribution < -0.4 is 14.4 Å². The van der Waals surface area contributed by atoms with Crippen molar-refractivity contribution in [2.24, 2.45) is 0 Å². The fourth-order valence-corrected chi connectivity index (χ4v) is 5.19. The minimum atomic E-state index is -0.124. The van der Waals surface area contributed by atoms with Crippen LogP contribution in [0.25, 0.3) is 11.3 Å². The number of hydrogen-bond donors (Lipinski definition) is 0. The van der Waals surface area contributed by atoms with E-state index in [9.17, 15) is 9.59 Å². The second-order valence-electron chi connectivity index (χ2n) is 10.3. The molecular weight excluding hydrogens is 536 g/mol. The number of carbonyl (C=O) groups is 2. The first kappa shape index (κ1) is 29.3. The summed E-state index contributed by atoms with van der Waals surface area (Å²) in [6.07, 6.45) is 0. The zero-order valence-electron chi connectivity index (χ0n) is 24.3. The summed E-state index contributed by atoms with van der Waals surface area (Å²) in [5.74, 6) is 1.88. The molecule has 0 aliphatic carbocycles. The quantitative estimate of drug-likeness (QED) is 0.361. The monoisotopic (exact) mass is 574 g/mol. The minimum absolute atomic E-state index is 0.0456. The predicted molar refractivity (Wildman–Crippen MR) is 159 cm³/mol. The Morgan fingerprint density at radius 3 is 2.26 bits per heavy atom. The third-order valence-corrected chi connectivity index (χ3v) is 7.71. The summed E-state index contributed by atoms with van der Waals surface area (Å²) in [6.45, 7) is 6.68. The van der Waals surface area contributed by atoms with Crippen molar-refractivity contribution in [3.05, 3.63) is 66.2 Å². The largest absolute Gasteiger partial charge is 0.493 e. The van der Waals surface area contributed by atoms with Crippen LogP contribution in [0.4, 0.5) is 5.82 Å². The normalized spacial score (nSPS) is 15.8. The van der Waals surface area contributed by atoms with Gasteiger partial charge in [0.15, 0.2) is 17.3 Å². The SMILES string of the molecule is COc1ccc(-c2ccc(N3CCN(C(=O)CN(CCN4CCOCC4)C(=O)c4ccccc4)CC3)nn2)cc1OC. The summed E-state index contributed by atoms with van der Waals surface area (Å²) < 4.78 is 16.2. The molecule has 0 saturated carbocycles. The van der Waals surface area contributed by atoms with Gasteiger partial charge in [-0.25, -0.2) is 0 Å². The van der Waals surface area contributed by atoms with Crippen LogP contribution >= 0.6 is 0 Å². The molecule has 1 aromatic heterocycles. The van der Waals surface area contributed by atoms with Gasteiger partial charge in [0.05, 0.1) is 33.1 Å². The lowest BCUT2D eigenvalue weighted by Crippen LogP contribution is -2.53. The van der Waals surface area contributed by atoms with E-state index in [2.05, 4.69) is 20.0 Å². The van der Waals surface area contributed by atoms with Gasteiger partial charge in [-0.2, -0.15) is 0 Å². The summed E-state index contributed by atoms with van der Waals surface area (Å²) in [5.41, 5.74) is 2.20. The number of piperazine rings is 1. The van der Waals surface area contributed by atoms with Crippen molar-refractivity contribution in [2.45, 2.75) is 0 Å². The highest BCUT2D eigenvalue weighted by atomic mass is 16.5. The number of benzene rings is 2. The second-order valence-corrected chi connectivity index (χ2v) is 10.3. The molecule has 3 aromatic rings. The van der Waals surface area contributed by atoms with Crippen molar-refractivity contribution >= 4 is 17.6 Å². The highest BCUT2D eigenvalue weighted by Gasteiger charge is 2.26. The lowest BCUT2D eigenvalue weighted by atomic mass is 10.1. The second kappa shape index (κ2) is 14.1. The molecule has 2 aromatic carbocycles. The van der Waals surface area contributed by atoms with Crippen molar-refractivity contribution in [3.63, 3.8) is 0 Å². The molecule has 3 heterocycles. The maximum atomic E-state index is 13.4. The number of methoxy groups -OCH3 is 2. The number of rotatable bonds is 10. The van der Waals surface area contributed by atoms with Crippen molar-refractivity contribution in [1.29, 1.82) is 0 Å². The molecule has 0 radical (unpaired) electrons. The van der Waals surface area contributed by atoms with Gasteiger partial charge in [-0.1, -0.05) is 18.2 Å². The molecular formula is C31H38N6O5. The fourth-order valence-electron chi connectivity index (χ4n) is 5.19. The fraction of sp³-hybridized carbons (Fsp3) is 0.419. The maximum absolute atomic E-state index is 13.4. The van der Waals surface area contributed by atoms with Crippen molar-refractivity contribution < 1.29 is 23.8 Å². The van der Waals surface area contributed by atoms with E-state index in [-0.39, 0.29) is 18.4 Å². The van der Waals surface area contributed by atoms with E-state index in [1.807, 2.05) is 53.4 Å². The molecule has 2 aliphatic heterocycles. The Hall–Kier alpha value is -4.22. The molecule has 11 heteroatoms. The van der Waals surface area contributed by atoms with Crippen LogP contribution in [-0.4, -0.2) is 123 Å². The van der Waals surface area contributed by atoms with Crippen LogP contribution in [0, 0.1) is 0 Å². The van der Waals surface area contributed by atoms with E-state index in [1.54, 1.807) is 31.3 Å². The molecule has 0 spiro atoms. The maximum Gasteiger partial charge on any atom is 0.254 e. The molecule has 0 unspecified atom stereocenters. The third-order valence-electron chi connectivity index (χ3n) is 7.71. The van der Waals surface area contributed by atoms with Gasteiger partial charge in [0.1, 0.15) is 6.54 Å². The molecule has 5 rings (SSSR count). The highest BCUT2D eigenvalue weighted by molar-refractivity contribution is 5.96. The molecule has 2 saturated heterocycles. The Morgan fingerprint density at radius 2 is 1.60 bits per heavy atom. The topological polar surface area (TPSA) is 101 Å². The molecule has 42 heavy (non-hydrogen) atoms. The number of amides is 2. The van der Waals surface area contributed by atoms with Gasteiger partial charge in [0.25, 0.3) is 5.91 Å². The van der Waals surface area contributed by atoms with Crippen LogP contribution in [-0.2, 0) is 9.53 Å². The molecule has 0 atom stereocenters. The van der Waals surface area contributed by atoms with Crippen LogP contribution in [0.1, 0.15) is 10.4 Å². The number of hydrogen-bond acceptors (Lipinski definition) is 9. The first-order valence-corrected chi connectivity index (χ1v) is 14.3. The van der Waals surface area contributed by atoms with Gasteiger partial charge in [-0.3, -0.25) is 14.5 Å². The van der Waals surface area contributed by atoms with E-state index < -0.39 is 0 Å². The number of ether oxygens (including phenoxy) is 3. The standard InChI is InChI=1S/C31H38N6O5/c1-40-27-10-8-25(22-28(27)41-2)26-9-11-29(33-32-26)35-14-16-36(17-15-35)30(38)23-37(13-12-34-18-20-42-21-19-34)31(39)24-6-4-3-5-7-24/h3-11,22H,12-21,23H2,1-2H3. The molecule has 2 amide bonds. The van der Waals surface area contributed by atoms with Crippen LogP contribution in [0.3, 0.4) is 0 Å². The lowest BCUT2D eigenvalue weighted by Gasteiger charge is -2.36.